The van der Waals surface area contributed by atoms with E-state index in [1.165, 1.54) is 12.3 Å². The number of allylic oxidation sites excluding steroid dienone is 1. The summed E-state index contributed by atoms with van der Waals surface area (Å²) in [5, 5.41) is 0. The smallest absolute Gasteiger partial charge is 0.344 e. The van der Waals surface area contributed by atoms with Gasteiger partial charge in [-0.05, 0) is 29.8 Å². The molecule has 3 aromatic rings. The van der Waals surface area contributed by atoms with Gasteiger partial charge >= 0.3 is 5.97 Å². The minimum atomic E-state index is -0.486. The fourth-order valence-electron chi connectivity index (χ4n) is 2.68. The molecule has 0 aliphatic carbocycles. The Kier molecular flexibility index (Phi) is 4.93. The number of rotatable bonds is 6. The molecule has 28 heavy (non-hydrogen) atoms. The Bertz CT molecular complexity index is 1020. The van der Waals surface area contributed by atoms with Crippen LogP contribution in [0.4, 0.5) is 0 Å². The number of furan rings is 1. The molecule has 2 heterocycles. The van der Waals surface area contributed by atoms with Crippen molar-refractivity contribution >= 4 is 17.8 Å². The summed E-state index contributed by atoms with van der Waals surface area (Å²) in [5.74, 6) is 0.749. The number of benzene rings is 2. The molecular formula is C22H16O6. The van der Waals surface area contributed by atoms with Crippen LogP contribution < -0.4 is 9.47 Å². The number of hydrogen-bond acceptors (Lipinski definition) is 6. The predicted octanol–water partition coefficient (Wildman–Crippen LogP) is 4.02. The van der Waals surface area contributed by atoms with E-state index in [-0.39, 0.29) is 24.8 Å². The van der Waals surface area contributed by atoms with Gasteiger partial charge in [0, 0.05) is 12.1 Å². The molecule has 0 atom stereocenters. The second-order valence-corrected chi connectivity index (χ2v) is 6.05. The Morgan fingerprint density at radius 1 is 1.04 bits per heavy atom. The summed E-state index contributed by atoms with van der Waals surface area (Å²) in [6.07, 6.45) is 3.05. The van der Waals surface area contributed by atoms with Crippen molar-refractivity contribution in [2.75, 3.05) is 6.61 Å². The molecule has 0 radical (unpaired) electrons. The minimum absolute atomic E-state index is 0.171. The minimum Gasteiger partial charge on any atom is -0.482 e. The van der Waals surface area contributed by atoms with Gasteiger partial charge in [0.25, 0.3) is 0 Å². The van der Waals surface area contributed by atoms with Gasteiger partial charge < -0.3 is 18.6 Å². The van der Waals surface area contributed by atoms with Crippen LogP contribution in [-0.2, 0) is 16.1 Å². The second-order valence-electron chi connectivity index (χ2n) is 6.05. The van der Waals surface area contributed by atoms with E-state index >= 15 is 0 Å². The molecule has 1 aromatic heterocycles. The molecule has 0 saturated heterocycles. The number of Topliss-reactive ketones (excluding diaryl/α,β-unsaturated/α-hetero) is 1. The third-order valence-corrected chi connectivity index (χ3v) is 4.06. The molecule has 0 amide bonds. The van der Waals surface area contributed by atoms with Crippen molar-refractivity contribution in [2.45, 2.75) is 6.61 Å². The third-order valence-electron chi connectivity index (χ3n) is 4.06. The van der Waals surface area contributed by atoms with E-state index < -0.39 is 5.97 Å². The zero-order valence-corrected chi connectivity index (χ0v) is 14.8. The van der Waals surface area contributed by atoms with Crippen LogP contribution >= 0.6 is 0 Å². The normalized spacial score (nSPS) is 13.9. The highest BCUT2D eigenvalue weighted by Crippen LogP contribution is 2.34. The van der Waals surface area contributed by atoms with Crippen LogP contribution in [0.2, 0.25) is 0 Å². The van der Waals surface area contributed by atoms with E-state index in [0.717, 1.165) is 5.56 Å². The maximum absolute atomic E-state index is 12.4. The molecule has 6 nitrogen and oxygen atoms in total. The number of esters is 1. The lowest BCUT2D eigenvalue weighted by Gasteiger charge is -2.08. The van der Waals surface area contributed by atoms with Crippen molar-refractivity contribution in [1.29, 1.82) is 0 Å². The first-order valence-corrected chi connectivity index (χ1v) is 8.63. The maximum Gasteiger partial charge on any atom is 0.344 e. The number of carbonyl (C=O) groups excluding carboxylic acids is 2. The van der Waals surface area contributed by atoms with Gasteiger partial charge in [0.15, 0.2) is 12.4 Å². The van der Waals surface area contributed by atoms with Crippen LogP contribution in [0, 0.1) is 0 Å². The third kappa shape index (κ3) is 3.96. The summed E-state index contributed by atoms with van der Waals surface area (Å²) >= 11 is 0. The first-order valence-electron chi connectivity index (χ1n) is 8.63. The van der Waals surface area contributed by atoms with Crippen LogP contribution in [0.5, 0.6) is 11.5 Å². The predicted molar refractivity (Wildman–Crippen MR) is 99.8 cm³/mol. The van der Waals surface area contributed by atoms with Gasteiger partial charge in [-0.15, -0.1) is 0 Å². The molecule has 0 fully saturated rings. The average Bonchev–Trinajstić information content (AvgIpc) is 3.34. The first kappa shape index (κ1) is 17.6. The van der Waals surface area contributed by atoms with Crippen molar-refractivity contribution in [3.05, 3.63) is 89.6 Å². The number of hydrogen-bond donors (Lipinski definition) is 0. The van der Waals surface area contributed by atoms with Gasteiger partial charge in [-0.1, -0.05) is 30.3 Å². The Morgan fingerprint density at radius 3 is 2.68 bits per heavy atom. The molecule has 1 aliphatic heterocycles. The summed E-state index contributed by atoms with van der Waals surface area (Å²) in [5.41, 5.74) is 1.33. The van der Waals surface area contributed by atoms with Crippen molar-refractivity contribution in [3.63, 3.8) is 0 Å². The lowest BCUT2D eigenvalue weighted by molar-refractivity contribution is -0.147. The molecule has 4 rings (SSSR count). The summed E-state index contributed by atoms with van der Waals surface area (Å²) in [7, 11) is 0. The highest BCUT2D eigenvalue weighted by molar-refractivity contribution is 6.14. The largest absolute Gasteiger partial charge is 0.482 e. The van der Waals surface area contributed by atoms with E-state index in [9.17, 15) is 9.59 Å². The van der Waals surface area contributed by atoms with Gasteiger partial charge in [-0.2, -0.15) is 0 Å². The molecule has 0 spiro atoms. The van der Waals surface area contributed by atoms with Gasteiger partial charge in [-0.3, -0.25) is 4.79 Å². The van der Waals surface area contributed by atoms with E-state index in [1.54, 1.807) is 30.3 Å². The topological polar surface area (TPSA) is 75.0 Å². The van der Waals surface area contributed by atoms with Crippen LogP contribution in [-0.4, -0.2) is 18.4 Å². The van der Waals surface area contributed by atoms with Gasteiger partial charge in [0.2, 0.25) is 5.78 Å². The fourth-order valence-corrected chi connectivity index (χ4v) is 2.68. The number of fused-ring (bicyclic) bond motifs is 1. The first-order chi connectivity index (χ1) is 13.7. The number of ether oxygens (including phenoxy) is 3. The van der Waals surface area contributed by atoms with Crippen molar-refractivity contribution in [2.24, 2.45) is 0 Å². The molecule has 0 unspecified atom stereocenters. The highest BCUT2D eigenvalue weighted by atomic mass is 16.6. The van der Waals surface area contributed by atoms with Crippen LogP contribution in [0.15, 0.2) is 77.1 Å². The highest BCUT2D eigenvalue weighted by Gasteiger charge is 2.28. The van der Waals surface area contributed by atoms with E-state index in [1.807, 2.05) is 30.3 Å². The van der Waals surface area contributed by atoms with Gasteiger partial charge in [0.1, 0.15) is 23.9 Å². The Hall–Kier alpha value is -3.80. The zero-order valence-electron chi connectivity index (χ0n) is 14.8. The summed E-state index contributed by atoms with van der Waals surface area (Å²) in [6, 6.07) is 17.6. The SMILES string of the molecule is O=C(COc1ccc2c(c1)O/C(=C/c1ccco1)C2=O)OCc1ccccc1. The molecule has 0 bridgehead atoms. The standard InChI is InChI=1S/C22H16O6/c23-21(27-13-15-5-2-1-3-6-15)14-26-17-8-9-18-19(11-17)28-20(22(18)24)12-16-7-4-10-25-16/h1-12H,13-14H2/b20-12+. The molecule has 140 valence electrons. The van der Waals surface area contributed by atoms with E-state index in [4.69, 9.17) is 18.6 Å². The maximum atomic E-state index is 12.4. The average molecular weight is 376 g/mol. The van der Waals surface area contributed by atoms with Gasteiger partial charge in [-0.25, -0.2) is 4.79 Å². The Labute approximate surface area is 160 Å². The van der Waals surface area contributed by atoms with Crippen molar-refractivity contribution in [3.8, 4) is 11.5 Å². The molecule has 0 saturated carbocycles. The molecule has 2 aromatic carbocycles. The lowest BCUT2D eigenvalue weighted by atomic mass is 10.1. The van der Waals surface area contributed by atoms with Crippen LogP contribution in [0.1, 0.15) is 21.7 Å². The van der Waals surface area contributed by atoms with Crippen molar-refractivity contribution < 1.29 is 28.2 Å². The summed E-state index contributed by atoms with van der Waals surface area (Å²) in [6.45, 7) is -0.0551. The van der Waals surface area contributed by atoms with E-state index in [2.05, 4.69) is 0 Å². The van der Waals surface area contributed by atoms with E-state index in [0.29, 0.717) is 22.8 Å². The monoisotopic (exact) mass is 376 g/mol. The number of ketones is 1. The van der Waals surface area contributed by atoms with Crippen molar-refractivity contribution in [1.82, 2.24) is 0 Å². The van der Waals surface area contributed by atoms with Crippen LogP contribution in [0.3, 0.4) is 0 Å². The van der Waals surface area contributed by atoms with Gasteiger partial charge in [0.05, 0.1) is 11.8 Å². The lowest BCUT2D eigenvalue weighted by Crippen LogP contribution is -2.14. The molecule has 0 N–H and O–H groups in total. The Morgan fingerprint density at radius 2 is 1.89 bits per heavy atom. The summed E-state index contributed by atoms with van der Waals surface area (Å²) in [4.78, 5) is 24.2. The second kappa shape index (κ2) is 7.84. The molecular weight excluding hydrogens is 360 g/mol. The molecule has 1 aliphatic rings. The fraction of sp³-hybridized carbons (Fsp3) is 0.0909. The number of carbonyl (C=O) groups is 2. The summed E-state index contributed by atoms with van der Waals surface area (Å²) < 4.78 is 21.4. The zero-order chi connectivity index (χ0) is 19.3. The molecule has 6 heteroatoms. The quantitative estimate of drug-likeness (QED) is 0.478. The van der Waals surface area contributed by atoms with Crippen LogP contribution in [0.25, 0.3) is 6.08 Å². The Balaban J connectivity index is 1.35.